The number of amides is 1. The van der Waals surface area contributed by atoms with Gasteiger partial charge in [-0.25, -0.2) is 4.39 Å². The van der Waals surface area contributed by atoms with Crippen LogP contribution in [0.5, 0.6) is 0 Å². The van der Waals surface area contributed by atoms with E-state index in [0.717, 1.165) is 5.56 Å². The van der Waals surface area contributed by atoms with E-state index < -0.39 is 23.6 Å². The van der Waals surface area contributed by atoms with Gasteiger partial charge < -0.3 is 24.3 Å². The molecule has 0 unspecified atom stereocenters. The van der Waals surface area contributed by atoms with Crippen LogP contribution < -0.4 is 5.32 Å². The van der Waals surface area contributed by atoms with Crippen molar-refractivity contribution in [3.8, 4) is 0 Å². The summed E-state index contributed by atoms with van der Waals surface area (Å²) in [6.07, 6.45) is -0.696. The third kappa shape index (κ3) is 5.66. The van der Waals surface area contributed by atoms with Crippen molar-refractivity contribution in [2.75, 3.05) is 0 Å². The van der Waals surface area contributed by atoms with E-state index in [4.69, 9.17) is 18.9 Å². The summed E-state index contributed by atoms with van der Waals surface area (Å²) in [6, 6.07) is 16.2. The minimum Gasteiger partial charge on any atom is -0.370 e. The molecule has 2 aromatic carbocycles. The van der Waals surface area contributed by atoms with Gasteiger partial charge in [-0.15, -0.1) is 0 Å². The first-order chi connectivity index (χ1) is 16.2. The number of halogens is 1. The average molecular weight is 472 g/mol. The van der Waals surface area contributed by atoms with E-state index in [9.17, 15) is 9.18 Å². The lowest BCUT2D eigenvalue weighted by molar-refractivity contribution is -0.184. The second kappa shape index (κ2) is 10.1. The van der Waals surface area contributed by atoms with E-state index in [2.05, 4.69) is 5.32 Å². The first kappa shape index (κ1) is 24.8. The molecule has 7 heteroatoms. The molecular weight excluding hydrogens is 437 g/mol. The van der Waals surface area contributed by atoms with Gasteiger partial charge in [-0.1, -0.05) is 48.5 Å². The Hall–Kier alpha value is -2.32. The van der Waals surface area contributed by atoms with Gasteiger partial charge in [-0.2, -0.15) is 0 Å². The fraction of sp³-hybridized carbons (Fsp3) is 0.519. The second-order valence-electron chi connectivity index (χ2n) is 9.88. The third-order valence-electron chi connectivity index (χ3n) is 6.25. The van der Waals surface area contributed by atoms with Gasteiger partial charge in [-0.3, -0.25) is 4.79 Å². The van der Waals surface area contributed by atoms with Crippen LogP contribution in [-0.2, 0) is 37.0 Å². The summed E-state index contributed by atoms with van der Waals surface area (Å²) >= 11 is 0. The third-order valence-corrected chi connectivity index (χ3v) is 6.25. The monoisotopic (exact) mass is 471 g/mol. The predicted molar refractivity (Wildman–Crippen MR) is 125 cm³/mol. The van der Waals surface area contributed by atoms with Crippen LogP contribution in [0, 0.1) is 5.82 Å². The van der Waals surface area contributed by atoms with E-state index in [0.29, 0.717) is 12.0 Å². The fourth-order valence-corrected chi connectivity index (χ4v) is 4.71. The molecule has 1 saturated carbocycles. The Labute approximate surface area is 200 Å². The summed E-state index contributed by atoms with van der Waals surface area (Å²) in [7, 11) is 0. The molecule has 0 aromatic heterocycles. The molecule has 6 nitrogen and oxygen atoms in total. The van der Waals surface area contributed by atoms with Crippen LogP contribution in [0.25, 0.3) is 0 Å². The maximum absolute atomic E-state index is 14.2. The van der Waals surface area contributed by atoms with Crippen molar-refractivity contribution < 1.29 is 28.1 Å². The van der Waals surface area contributed by atoms with E-state index in [1.54, 1.807) is 18.2 Å². The number of rotatable bonds is 8. The molecule has 1 aliphatic carbocycles. The molecule has 2 aliphatic rings. The lowest BCUT2D eigenvalue weighted by Gasteiger charge is -2.43. The van der Waals surface area contributed by atoms with E-state index in [-0.39, 0.29) is 43.5 Å². The Bertz CT molecular complexity index is 982. The zero-order chi connectivity index (χ0) is 24.3. The molecule has 0 spiro atoms. The van der Waals surface area contributed by atoms with E-state index in [1.165, 1.54) is 6.07 Å². The van der Waals surface area contributed by atoms with Gasteiger partial charge in [-0.05, 0) is 39.3 Å². The Balaban J connectivity index is 1.61. The summed E-state index contributed by atoms with van der Waals surface area (Å²) in [5.41, 5.74) is 0.240. The topological polar surface area (TPSA) is 66.0 Å². The minimum absolute atomic E-state index is 0.0580. The summed E-state index contributed by atoms with van der Waals surface area (Å²) in [5, 5.41) is 3.02. The number of benzene rings is 2. The van der Waals surface area contributed by atoms with Crippen LogP contribution in [-0.4, -0.2) is 41.6 Å². The Kier molecular flexibility index (Phi) is 7.38. The quantitative estimate of drug-likeness (QED) is 0.614. The Morgan fingerprint density at radius 3 is 2.47 bits per heavy atom. The SMILES string of the molecule is CC(C)NC(=O)[C@@]1(OCc2ccccc2)C[C@@H](OCc2ccccc2F)[C@@H]2OC(C)(C)O[C@@H]2C1. The van der Waals surface area contributed by atoms with Crippen molar-refractivity contribution in [1.82, 2.24) is 5.32 Å². The zero-order valence-corrected chi connectivity index (χ0v) is 20.3. The first-order valence-electron chi connectivity index (χ1n) is 11.9. The van der Waals surface area contributed by atoms with Crippen molar-refractivity contribution in [3.05, 3.63) is 71.5 Å². The predicted octanol–water partition coefficient (Wildman–Crippen LogP) is 4.51. The number of hydrogen-bond acceptors (Lipinski definition) is 5. The Morgan fingerprint density at radius 2 is 1.76 bits per heavy atom. The molecule has 4 rings (SSSR count). The van der Waals surface area contributed by atoms with Crippen molar-refractivity contribution in [2.24, 2.45) is 0 Å². The highest BCUT2D eigenvalue weighted by molar-refractivity contribution is 5.85. The maximum atomic E-state index is 14.2. The minimum atomic E-state index is -1.18. The van der Waals surface area contributed by atoms with Gasteiger partial charge in [0, 0.05) is 24.4 Å². The zero-order valence-electron chi connectivity index (χ0n) is 20.3. The molecule has 1 amide bonds. The Morgan fingerprint density at radius 1 is 1.06 bits per heavy atom. The molecule has 1 aliphatic heterocycles. The molecular formula is C27H34FNO5. The molecule has 1 saturated heterocycles. The number of carbonyl (C=O) groups excluding carboxylic acids is 1. The van der Waals surface area contributed by atoms with Gasteiger partial charge in [0.25, 0.3) is 5.91 Å². The van der Waals surface area contributed by atoms with Crippen molar-refractivity contribution in [2.45, 2.75) is 89.5 Å². The molecule has 2 aromatic rings. The molecule has 2 fully saturated rings. The highest BCUT2D eigenvalue weighted by Gasteiger charge is 2.58. The van der Waals surface area contributed by atoms with Crippen LogP contribution in [0.3, 0.4) is 0 Å². The van der Waals surface area contributed by atoms with Crippen molar-refractivity contribution in [3.63, 3.8) is 0 Å². The smallest absolute Gasteiger partial charge is 0.252 e. The van der Waals surface area contributed by atoms with Crippen LogP contribution in [0.1, 0.15) is 51.7 Å². The number of ether oxygens (including phenoxy) is 4. The maximum Gasteiger partial charge on any atom is 0.252 e. The molecule has 1 N–H and O–H groups in total. The number of nitrogens with one attached hydrogen (secondary N) is 1. The summed E-state index contributed by atoms with van der Waals surface area (Å²) in [5.74, 6) is -1.36. The second-order valence-corrected chi connectivity index (χ2v) is 9.88. The molecule has 0 radical (unpaired) electrons. The summed E-state index contributed by atoms with van der Waals surface area (Å²) in [6.45, 7) is 7.86. The van der Waals surface area contributed by atoms with Gasteiger partial charge in [0.05, 0.1) is 25.4 Å². The van der Waals surface area contributed by atoms with Gasteiger partial charge in [0.1, 0.15) is 11.9 Å². The number of carbonyl (C=O) groups is 1. The highest BCUT2D eigenvalue weighted by Crippen LogP contribution is 2.44. The van der Waals surface area contributed by atoms with Crippen LogP contribution in [0.2, 0.25) is 0 Å². The summed E-state index contributed by atoms with van der Waals surface area (Å²) < 4.78 is 39.2. The molecule has 0 bridgehead atoms. The van der Waals surface area contributed by atoms with Gasteiger partial charge in [0.15, 0.2) is 11.4 Å². The summed E-state index contributed by atoms with van der Waals surface area (Å²) in [4.78, 5) is 13.5. The average Bonchev–Trinajstić information content (AvgIpc) is 3.11. The number of hydrogen-bond donors (Lipinski definition) is 1. The van der Waals surface area contributed by atoms with Crippen molar-refractivity contribution >= 4 is 5.91 Å². The highest BCUT2D eigenvalue weighted by atomic mass is 19.1. The largest absolute Gasteiger partial charge is 0.370 e. The molecule has 34 heavy (non-hydrogen) atoms. The van der Waals surface area contributed by atoms with Crippen LogP contribution in [0.15, 0.2) is 54.6 Å². The first-order valence-corrected chi connectivity index (χ1v) is 11.9. The van der Waals surface area contributed by atoms with Crippen molar-refractivity contribution in [1.29, 1.82) is 0 Å². The normalized spacial score (nSPS) is 28.0. The van der Waals surface area contributed by atoms with E-state index in [1.807, 2.05) is 58.0 Å². The van der Waals surface area contributed by atoms with Gasteiger partial charge in [0.2, 0.25) is 0 Å². The fourth-order valence-electron chi connectivity index (χ4n) is 4.71. The van der Waals surface area contributed by atoms with E-state index >= 15 is 0 Å². The van der Waals surface area contributed by atoms with Crippen LogP contribution in [0.4, 0.5) is 4.39 Å². The molecule has 184 valence electrons. The van der Waals surface area contributed by atoms with Gasteiger partial charge >= 0.3 is 0 Å². The lowest BCUT2D eigenvalue weighted by Crippen LogP contribution is -2.60. The molecule has 4 atom stereocenters. The standard InChI is InChI=1S/C27H34FNO5/c1-18(2)29-25(30)27(32-16-19-10-6-5-7-11-19)14-22(24-23(15-27)33-26(3,4)34-24)31-17-20-12-8-9-13-21(20)28/h5-13,18,22-24H,14-17H2,1-4H3,(H,29,30)/t22-,23-,24+,27-/m1/s1. The lowest BCUT2D eigenvalue weighted by atomic mass is 9.78. The molecule has 1 heterocycles. The number of fused-ring (bicyclic) bond motifs is 1. The van der Waals surface area contributed by atoms with Crippen LogP contribution >= 0.6 is 0 Å².